The minimum atomic E-state index is -0.0675. The van der Waals surface area contributed by atoms with E-state index < -0.39 is 0 Å². The average Bonchev–Trinajstić information content (AvgIpc) is 3.10. The number of carbonyl (C=O) groups is 1. The number of hydrogen-bond acceptors (Lipinski definition) is 3. The number of aromatic amines is 1. The summed E-state index contributed by atoms with van der Waals surface area (Å²) in [6.07, 6.45) is 4.50. The number of nitrogens with zero attached hydrogens (tertiary/aromatic N) is 2. The fourth-order valence-corrected chi connectivity index (χ4v) is 3.82. The number of esters is 1. The van der Waals surface area contributed by atoms with Crippen LogP contribution in [0.2, 0.25) is 5.02 Å². The number of rotatable bonds is 6. The molecule has 7 heteroatoms. The molecule has 3 rings (SSSR count). The third kappa shape index (κ3) is 4.98. The molecule has 2 N–H and O–H groups in total. The van der Waals surface area contributed by atoms with Crippen molar-refractivity contribution in [2.75, 3.05) is 32.8 Å². The molecule has 0 radical (unpaired) electrons. The zero-order valence-electron chi connectivity index (χ0n) is 16.6. The molecule has 1 aromatic heterocycles. The maximum Gasteiger partial charge on any atom is 0.309 e. The van der Waals surface area contributed by atoms with Crippen molar-refractivity contribution in [3.63, 3.8) is 0 Å². The van der Waals surface area contributed by atoms with Gasteiger partial charge in [0.05, 0.1) is 12.5 Å². The SMILES string of the molecule is CCNC(=NCCc1c[nH]c2ccc(Cl)cc12)N1CCC(C(=O)OCC)CC1. The monoisotopic (exact) mass is 404 g/mol. The van der Waals surface area contributed by atoms with Crippen molar-refractivity contribution in [2.45, 2.75) is 33.1 Å². The number of ether oxygens (including phenoxy) is 1. The molecule has 0 bridgehead atoms. The molecule has 0 aliphatic carbocycles. The molecule has 1 aliphatic rings. The van der Waals surface area contributed by atoms with Gasteiger partial charge in [0.15, 0.2) is 5.96 Å². The standard InChI is InChI=1S/C21H29ClN4O2/c1-3-23-21(26-11-8-15(9-12-26)20(27)28-4-2)24-10-7-16-14-25-19-6-5-17(22)13-18(16)19/h5-6,13-15,25H,3-4,7-12H2,1-2H3,(H,23,24). The second kappa shape index (κ2) is 9.82. The Morgan fingerprint density at radius 3 is 2.86 bits per heavy atom. The first-order chi connectivity index (χ1) is 13.6. The number of carbonyl (C=O) groups excluding carboxylic acids is 1. The molecule has 152 valence electrons. The van der Waals surface area contributed by atoms with E-state index in [1.54, 1.807) is 0 Å². The molecule has 0 spiro atoms. The summed E-state index contributed by atoms with van der Waals surface area (Å²) in [6, 6.07) is 5.89. The van der Waals surface area contributed by atoms with Crippen LogP contribution in [0.25, 0.3) is 10.9 Å². The van der Waals surface area contributed by atoms with E-state index in [2.05, 4.69) is 22.1 Å². The fraction of sp³-hybridized carbons (Fsp3) is 0.524. The lowest BCUT2D eigenvalue weighted by Crippen LogP contribution is -2.46. The molecule has 2 aromatic rings. The minimum absolute atomic E-state index is 0.00930. The first-order valence-electron chi connectivity index (χ1n) is 10.1. The van der Waals surface area contributed by atoms with Crippen LogP contribution in [0.1, 0.15) is 32.3 Å². The van der Waals surface area contributed by atoms with Crippen LogP contribution < -0.4 is 5.32 Å². The van der Waals surface area contributed by atoms with E-state index in [0.717, 1.165) is 60.8 Å². The molecular weight excluding hydrogens is 376 g/mol. The van der Waals surface area contributed by atoms with Crippen molar-refractivity contribution in [1.29, 1.82) is 0 Å². The van der Waals surface area contributed by atoms with Gasteiger partial charge in [-0.05, 0) is 56.9 Å². The lowest BCUT2D eigenvalue weighted by atomic mass is 9.97. The summed E-state index contributed by atoms with van der Waals surface area (Å²) in [5.41, 5.74) is 2.31. The maximum atomic E-state index is 11.9. The summed E-state index contributed by atoms with van der Waals surface area (Å²) in [4.78, 5) is 22.3. The van der Waals surface area contributed by atoms with E-state index in [0.29, 0.717) is 13.2 Å². The van der Waals surface area contributed by atoms with Crippen LogP contribution in [0.15, 0.2) is 29.4 Å². The largest absolute Gasteiger partial charge is 0.466 e. The Balaban J connectivity index is 1.60. The summed E-state index contributed by atoms with van der Waals surface area (Å²) in [5.74, 6) is 0.861. The van der Waals surface area contributed by atoms with Crippen molar-refractivity contribution in [2.24, 2.45) is 10.9 Å². The second-order valence-corrected chi connectivity index (χ2v) is 7.44. The second-order valence-electron chi connectivity index (χ2n) is 7.00. The highest BCUT2D eigenvalue weighted by Crippen LogP contribution is 2.23. The number of H-pyrrole nitrogens is 1. The Bertz CT molecular complexity index is 825. The van der Waals surface area contributed by atoms with Gasteiger partial charge in [0.2, 0.25) is 0 Å². The van der Waals surface area contributed by atoms with E-state index >= 15 is 0 Å². The van der Waals surface area contributed by atoms with Gasteiger partial charge in [-0.1, -0.05) is 11.6 Å². The number of nitrogens with one attached hydrogen (secondary N) is 2. The molecular formula is C21H29ClN4O2. The molecule has 0 saturated carbocycles. The molecule has 28 heavy (non-hydrogen) atoms. The molecule has 6 nitrogen and oxygen atoms in total. The first-order valence-corrected chi connectivity index (χ1v) is 10.5. The van der Waals surface area contributed by atoms with Crippen molar-refractivity contribution in [3.05, 3.63) is 35.0 Å². The number of benzene rings is 1. The van der Waals surface area contributed by atoms with Crippen molar-refractivity contribution in [3.8, 4) is 0 Å². The fourth-order valence-electron chi connectivity index (χ4n) is 3.65. The Kier molecular flexibility index (Phi) is 7.20. The molecule has 1 aromatic carbocycles. The molecule has 0 unspecified atom stereocenters. The summed E-state index contributed by atoms with van der Waals surface area (Å²) in [6.45, 7) is 7.52. The van der Waals surface area contributed by atoms with Crippen LogP contribution in [0.5, 0.6) is 0 Å². The average molecular weight is 405 g/mol. The molecule has 0 atom stereocenters. The number of halogens is 1. The lowest BCUT2D eigenvalue weighted by molar-refractivity contribution is -0.149. The van der Waals surface area contributed by atoms with Crippen LogP contribution in [-0.2, 0) is 16.0 Å². The first kappa shape index (κ1) is 20.5. The summed E-state index contributed by atoms with van der Waals surface area (Å²) < 4.78 is 5.16. The zero-order valence-corrected chi connectivity index (χ0v) is 17.4. The van der Waals surface area contributed by atoms with Crippen LogP contribution in [0, 0.1) is 5.92 Å². The molecule has 1 aliphatic heterocycles. The summed E-state index contributed by atoms with van der Waals surface area (Å²) >= 11 is 6.14. The van der Waals surface area contributed by atoms with Gasteiger partial charge in [0.1, 0.15) is 0 Å². The van der Waals surface area contributed by atoms with Gasteiger partial charge in [0.25, 0.3) is 0 Å². The lowest BCUT2D eigenvalue weighted by Gasteiger charge is -2.33. The van der Waals surface area contributed by atoms with E-state index in [-0.39, 0.29) is 11.9 Å². The van der Waals surface area contributed by atoms with Gasteiger partial charge >= 0.3 is 5.97 Å². The molecule has 1 saturated heterocycles. The highest BCUT2D eigenvalue weighted by atomic mass is 35.5. The zero-order chi connectivity index (χ0) is 19.9. The van der Waals surface area contributed by atoms with E-state index in [1.165, 1.54) is 5.56 Å². The summed E-state index contributed by atoms with van der Waals surface area (Å²) in [7, 11) is 0. The highest BCUT2D eigenvalue weighted by molar-refractivity contribution is 6.31. The Morgan fingerprint density at radius 1 is 1.36 bits per heavy atom. The van der Waals surface area contributed by atoms with E-state index in [9.17, 15) is 4.79 Å². The third-order valence-electron chi connectivity index (χ3n) is 5.12. The number of likely N-dealkylation sites (tertiary alicyclic amines) is 1. The summed E-state index contributed by atoms with van der Waals surface area (Å²) in [5, 5.41) is 5.28. The Labute approximate surface area is 171 Å². The van der Waals surface area contributed by atoms with Gasteiger partial charge in [-0.15, -0.1) is 0 Å². The van der Waals surface area contributed by atoms with Gasteiger partial charge in [-0.3, -0.25) is 9.79 Å². The van der Waals surface area contributed by atoms with Gasteiger partial charge < -0.3 is 19.9 Å². The number of aromatic nitrogens is 1. The van der Waals surface area contributed by atoms with Gasteiger partial charge in [0, 0.05) is 48.3 Å². The number of fused-ring (bicyclic) bond motifs is 1. The molecule has 2 heterocycles. The molecule has 1 fully saturated rings. The predicted molar refractivity (Wildman–Crippen MR) is 114 cm³/mol. The number of hydrogen-bond donors (Lipinski definition) is 2. The third-order valence-corrected chi connectivity index (χ3v) is 5.36. The normalized spacial score (nSPS) is 15.8. The Hall–Kier alpha value is -2.21. The predicted octanol–water partition coefficient (Wildman–Crippen LogP) is 3.60. The van der Waals surface area contributed by atoms with E-state index in [1.807, 2.05) is 31.3 Å². The van der Waals surface area contributed by atoms with Crippen molar-refractivity contribution >= 4 is 34.4 Å². The minimum Gasteiger partial charge on any atom is -0.466 e. The van der Waals surface area contributed by atoms with Crippen molar-refractivity contribution in [1.82, 2.24) is 15.2 Å². The van der Waals surface area contributed by atoms with Gasteiger partial charge in [-0.2, -0.15) is 0 Å². The number of aliphatic imine (C=N–C) groups is 1. The van der Waals surface area contributed by atoms with Crippen LogP contribution >= 0.6 is 11.6 Å². The van der Waals surface area contributed by atoms with Crippen LogP contribution in [-0.4, -0.2) is 54.6 Å². The smallest absolute Gasteiger partial charge is 0.309 e. The maximum absolute atomic E-state index is 11.9. The Morgan fingerprint density at radius 2 is 2.14 bits per heavy atom. The molecule has 0 amide bonds. The van der Waals surface area contributed by atoms with Gasteiger partial charge in [-0.25, -0.2) is 0 Å². The van der Waals surface area contributed by atoms with Crippen LogP contribution in [0.3, 0.4) is 0 Å². The number of piperidine rings is 1. The van der Waals surface area contributed by atoms with E-state index in [4.69, 9.17) is 21.3 Å². The van der Waals surface area contributed by atoms with Crippen LogP contribution in [0.4, 0.5) is 0 Å². The quantitative estimate of drug-likeness (QED) is 0.438. The number of guanidine groups is 1. The topological polar surface area (TPSA) is 69.7 Å². The highest BCUT2D eigenvalue weighted by Gasteiger charge is 2.27. The van der Waals surface area contributed by atoms with Crippen molar-refractivity contribution < 1.29 is 9.53 Å².